The fourth-order valence-electron chi connectivity index (χ4n) is 1.47. The number of hydrogen-bond acceptors (Lipinski definition) is 3. The molecule has 0 aliphatic carbocycles. The summed E-state index contributed by atoms with van der Waals surface area (Å²) < 4.78 is 0. The van der Waals surface area contributed by atoms with E-state index in [1.165, 1.54) is 0 Å². The van der Waals surface area contributed by atoms with Gasteiger partial charge in [-0.1, -0.05) is 27.7 Å². The number of hydrogen-bond donors (Lipinski definition) is 1. The summed E-state index contributed by atoms with van der Waals surface area (Å²) in [6.07, 6.45) is 0.963. The van der Waals surface area contributed by atoms with Gasteiger partial charge in [0.1, 0.15) is 5.78 Å². The molecule has 1 aliphatic heterocycles. The smallest absolute Gasteiger partial charge is 0.149 e. The van der Waals surface area contributed by atoms with Gasteiger partial charge < -0.3 is 5.32 Å². The summed E-state index contributed by atoms with van der Waals surface area (Å²) in [4.78, 5) is 13.8. The highest BCUT2D eigenvalue weighted by molar-refractivity contribution is 5.82. The molecule has 0 radical (unpaired) electrons. The molecule has 3 heteroatoms. The monoisotopic (exact) mass is 214 g/mol. The van der Waals surface area contributed by atoms with Crippen LogP contribution in [0.1, 0.15) is 34.1 Å². The number of carbonyl (C=O) groups is 1. The minimum absolute atomic E-state index is 0.231. The minimum atomic E-state index is 0.231. The molecule has 1 atom stereocenters. The molecule has 0 aromatic rings. The first-order valence-corrected chi connectivity index (χ1v) is 6.19. The van der Waals surface area contributed by atoms with Crippen LogP contribution in [-0.2, 0) is 4.79 Å². The fourth-order valence-corrected chi connectivity index (χ4v) is 1.47. The van der Waals surface area contributed by atoms with E-state index in [9.17, 15) is 4.79 Å². The molecule has 1 saturated heterocycles. The van der Waals surface area contributed by atoms with Crippen molar-refractivity contribution in [3.8, 4) is 0 Å². The summed E-state index contributed by atoms with van der Waals surface area (Å²) in [5.74, 6) is 0.624. The lowest BCUT2D eigenvalue weighted by Crippen LogP contribution is -2.46. The van der Waals surface area contributed by atoms with Gasteiger partial charge in [-0.2, -0.15) is 0 Å². The van der Waals surface area contributed by atoms with Gasteiger partial charge in [0.25, 0.3) is 0 Å². The molecular formula is C12H26N2O. The molecule has 1 unspecified atom stereocenters. The van der Waals surface area contributed by atoms with Crippen LogP contribution in [0.5, 0.6) is 0 Å². The Morgan fingerprint density at radius 2 is 1.87 bits per heavy atom. The Balaban J connectivity index is 0.000000921. The number of nitrogens with one attached hydrogen (secondary N) is 1. The largest absolute Gasteiger partial charge is 0.314 e. The highest BCUT2D eigenvalue weighted by Crippen LogP contribution is 2.04. The normalized spacial score (nSPS) is 18.9. The van der Waals surface area contributed by atoms with Crippen molar-refractivity contribution < 1.29 is 4.79 Å². The van der Waals surface area contributed by atoms with Gasteiger partial charge in [-0.25, -0.2) is 0 Å². The molecule has 0 spiro atoms. The van der Waals surface area contributed by atoms with E-state index in [1.807, 2.05) is 20.8 Å². The highest BCUT2D eigenvalue weighted by Gasteiger charge is 2.16. The number of carbonyl (C=O) groups excluding carboxylic acids is 1. The Labute approximate surface area is 94.2 Å². The van der Waals surface area contributed by atoms with Crippen LogP contribution in [0, 0.1) is 5.92 Å². The second kappa shape index (κ2) is 8.86. The van der Waals surface area contributed by atoms with Crippen LogP contribution >= 0.6 is 0 Å². The quantitative estimate of drug-likeness (QED) is 0.770. The zero-order valence-corrected chi connectivity index (χ0v) is 10.7. The SMILES string of the molecule is CC.CCC(C)C(=O)CN1CCNCC1. The molecule has 0 bridgehead atoms. The molecule has 1 fully saturated rings. The van der Waals surface area contributed by atoms with Crippen LogP contribution in [0.25, 0.3) is 0 Å². The van der Waals surface area contributed by atoms with Gasteiger partial charge in [-0.3, -0.25) is 9.69 Å². The molecule has 1 rings (SSSR count). The summed E-state index contributed by atoms with van der Waals surface area (Å²) in [7, 11) is 0. The van der Waals surface area contributed by atoms with Gasteiger partial charge in [0.2, 0.25) is 0 Å². The molecule has 1 aliphatic rings. The van der Waals surface area contributed by atoms with Gasteiger partial charge in [-0.15, -0.1) is 0 Å². The van der Waals surface area contributed by atoms with Crippen LogP contribution in [0.3, 0.4) is 0 Å². The lowest BCUT2D eigenvalue weighted by atomic mass is 10.0. The van der Waals surface area contributed by atoms with Crippen molar-refractivity contribution in [1.82, 2.24) is 10.2 Å². The maximum atomic E-state index is 11.6. The first-order valence-electron chi connectivity index (χ1n) is 6.19. The third-order valence-corrected chi connectivity index (χ3v) is 2.75. The number of rotatable bonds is 4. The summed E-state index contributed by atoms with van der Waals surface area (Å²) >= 11 is 0. The Morgan fingerprint density at radius 1 is 1.33 bits per heavy atom. The Kier molecular flexibility index (Phi) is 8.62. The van der Waals surface area contributed by atoms with Gasteiger partial charge in [0.05, 0.1) is 6.54 Å². The van der Waals surface area contributed by atoms with Crippen LogP contribution in [-0.4, -0.2) is 43.4 Å². The van der Waals surface area contributed by atoms with Gasteiger partial charge in [0.15, 0.2) is 0 Å². The van der Waals surface area contributed by atoms with Crippen LogP contribution in [0.4, 0.5) is 0 Å². The molecule has 90 valence electrons. The fraction of sp³-hybridized carbons (Fsp3) is 0.917. The molecule has 1 N–H and O–H groups in total. The predicted octanol–water partition coefficient (Wildman–Crippen LogP) is 1.53. The first-order chi connectivity index (χ1) is 7.24. The standard InChI is InChI=1S/C10H20N2O.C2H6/c1-3-9(2)10(13)8-12-6-4-11-5-7-12;1-2/h9,11H,3-8H2,1-2H3;1-2H3. The summed E-state index contributed by atoms with van der Waals surface area (Å²) in [6, 6.07) is 0. The average molecular weight is 214 g/mol. The summed E-state index contributed by atoms with van der Waals surface area (Å²) in [5.41, 5.74) is 0. The van der Waals surface area contributed by atoms with Crippen molar-refractivity contribution in [3.05, 3.63) is 0 Å². The van der Waals surface area contributed by atoms with E-state index in [-0.39, 0.29) is 5.92 Å². The summed E-state index contributed by atoms with van der Waals surface area (Å²) in [6.45, 7) is 12.8. The average Bonchev–Trinajstić information content (AvgIpc) is 2.32. The summed E-state index contributed by atoms with van der Waals surface area (Å²) in [5, 5.41) is 3.28. The Morgan fingerprint density at radius 3 is 2.33 bits per heavy atom. The van der Waals surface area contributed by atoms with Crippen molar-refractivity contribution in [3.63, 3.8) is 0 Å². The highest BCUT2D eigenvalue weighted by atomic mass is 16.1. The molecule has 0 saturated carbocycles. The number of piperazine rings is 1. The van der Waals surface area contributed by atoms with Gasteiger partial charge >= 0.3 is 0 Å². The molecule has 0 aromatic carbocycles. The third kappa shape index (κ3) is 5.90. The maximum absolute atomic E-state index is 11.6. The van der Waals surface area contributed by atoms with Crippen molar-refractivity contribution in [2.75, 3.05) is 32.7 Å². The van der Waals surface area contributed by atoms with Crippen LogP contribution in [0.15, 0.2) is 0 Å². The van der Waals surface area contributed by atoms with Crippen molar-refractivity contribution in [2.24, 2.45) is 5.92 Å². The number of nitrogens with zero attached hydrogens (tertiary/aromatic N) is 1. The zero-order chi connectivity index (χ0) is 11.7. The van der Waals surface area contributed by atoms with E-state index in [4.69, 9.17) is 0 Å². The van der Waals surface area contributed by atoms with Gasteiger partial charge in [-0.05, 0) is 6.42 Å². The molecule has 0 aromatic heterocycles. The number of ketones is 1. The van der Waals surface area contributed by atoms with E-state index in [0.29, 0.717) is 12.3 Å². The lowest BCUT2D eigenvalue weighted by Gasteiger charge is -2.27. The Bertz CT molecular complexity index is 165. The molecule has 1 heterocycles. The molecule has 3 nitrogen and oxygen atoms in total. The molecule has 15 heavy (non-hydrogen) atoms. The van der Waals surface area contributed by atoms with Crippen molar-refractivity contribution in [1.29, 1.82) is 0 Å². The van der Waals surface area contributed by atoms with E-state index in [2.05, 4.69) is 17.1 Å². The predicted molar refractivity (Wildman–Crippen MR) is 65.1 cm³/mol. The van der Waals surface area contributed by atoms with Gasteiger partial charge in [0, 0.05) is 32.1 Å². The van der Waals surface area contributed by atoms with E-state index in [0.717, 1.165) is 32.6 Å². The Hall–Kier alpha value is -0.410. The van der Waals surface area contributed by atoms with E-state index in [1.54, 1.807) is 0 Å². The maximum Gasteiger partial charge on any atom is 0.149 e. The van der Waals surface area contributed by atoms with Crippen LogP contribution in [0.2, 0.25) is 0 Å². The minimum Gasteiger partial charge on any atom is -0.314 e. The van der Waals surface area contributed by atoms with E-state index < -0.39 is 0 Å². The lowest BCUT2D eigenvalue weighted by molar-refractivity contribution is -0.123. The van der Waals surface area contributed by atoms with Crippen molar-refractivity contribution >= 4 is 5.78 Å². The second-order valence-corrected chi connectivity index (χ2v) is 3.80. The topological polar surface area (TPSA) is 32.3 Å². The second-order valence-electron chi connectivity index (χ2n) is 3.80. The molecule has 0 amide bonds. The first kappa shape index (κ1) is 14.6. The van der Waals surface area contributed by atoms with Crippen molar-refractivity contribution in [2.45, 2.75) is 34.1 Å². The van der Waals surface area contributed by atoms with Crippen LogP contribution < -0.4 is 5.32 Å². The molecular weight excluding hydrogens is 188 g/mol. The van der Waals surface area contributed by atoms with E-state index >= 15 is 0 Å². The third-order valence-electron chi connectivity index (χ3n) is 2.75. The zero-order valence-electron chi connectivity index (χ0n) is 10.7. The number of Topliss-reactive ketones (excluding diaryl/α,β-unsaturated/α-hetero) is 1.